The first-order valence-electron chi connectivity index (χ1n) is 11.0. The van der Waals surface area contributed by atoms with Crippen LogP contribution >= 0.6 is 27.3 Å². The van der Waals surface area contributed by atoms with Gasteiger partial charge in [0, 0.05) is 29.3 Å². The maximum absolute atomic E-state index is 13.0. The summed E-state index contributed by atoms with van der Waals surface area (Å²) < 4.78 is 6.41. The van der Waals surface area contributed by atoms with Crippen LogP contribution in [0.4, 0.5) is 0 Å². The molecule has 1 N–H and O–H groups in total. The maximum atomic E-state index is 13.0. The van der Waals surface area contributed by atoms with Crippen molar-refractivity contribution in [2.45, 2.75) is 65.0 Å². The number of amides is 1. The van der Waals surface area contributed by atoms with Crippen LogP contribution in [0.15, 0.2) is 53.3 Å². The lowest BCUT2D eigenvalue weighted by molar-refractivity contribution is -0.157. The Hall–Kier alpha value is -2.58. The van der Waals surface area contributed by atoms with Crippen molar-refractivity contribution >= 4 is 39.1 Å². The molecule has 1 amide bonds. The lowest BCUT2D eigenvalue weighted by Gasteiger charge is -2.24. The molecule has 1 aromatic carbocycles. The van der Waals surface area contributed by atoms with Crippen molar-refractivity contribution in [3.63, 3.8) is 0 Å². The van der Waals surface area contributed by atoms with Gasteiger partial charge in [0.25, 0.3) is 5.91 Å². The summed E-state index contributed by atoms with van der Waals surface area (Å²) in [5, 5.41) is 2.89. The van der Waals surface area contributed by atoms with Gasteiger partial charge in [0.2, 0.25) is 0 Å². The molecule has 2 heterocycles. The lowest BCUT2D eigenvalue weighted by atomic mass is 9.95. The molecular weight excluding hydrogens is 514 g/mol. The third kappa shape index (κ3) is 7.21. The summed E-state index contributed by atoms with van der Waals surface area (Å²) in [6.07, 6.45) is 3.69. The number of rotatable bonds is 6. The molecule has 3 aromatic rings. The average Bonchev–Trinajstić information content (AvgIpc) is 3.24. The zero-order valence-corrected chi connectivity index (χ0v) is 22.7. The van der Waals surface area contributed by atoms with Crippen molar-refractivity contribution in [1.29, 1.82) is 0 Å². The largest absolute Gasteiger partial charge is 0.458 e. The van der Waals surface area contributed by atoms with E-state index in [1.807, 2.05) is 51.1 Å². The molecule has 0 aliphatic carbocycles. The molecule has 34 heavy (non-hydrogen) atoms. The number of carbonyl (C=O) groups excluding carboxylic acids is 2. The number of ether oxygens (including phenoxy) is 1. The van der Waals surface area contributed by atoms with E-state index in [1.165, 1.54) is 11.3 Å². The monoisotopic (exact) mass is 543 g/mol. The number of carbonyl (C=O) groups is 2. The Kier molecular flexibility index (Phi) is 7.93. The second kappa shape index (κ2) is 10.4. The zero-order valence-electron chi connectivity index (χ0n) is 20.3. The molecular formula is C26H30BrN3O3S. The summed E-state index contributed by atoms with van der Waals surface area (Å²) in [7, 11) is 0. The van der Waals surface area contributed by atoms with Gasteiger partial charge in [0.05, 0.1) is 9.35 Å². The van der Waals surface area contributed by atoms with E-state index in [9.17, 15) is 9.59 Å². The van der Waals surface area contributed by atoms with Crippen molar-refractivity contribution < 1.29 is 14.3 Å². The molecule has 6 nitrogen and oxygen atoms in total. The van der Waals surface area contributed by atoms with Gasteiger partial charge in [-0.05, 0) is 59.8 Å². The van der Waals surface area contributed by atoms with Crippen LogP contribution in [0.2, 0.25) is 0 Å². The highest BCUT2D eigenvalue weighted by Gasteiger charge is 2.28. The third-order valence-corrected chi connectivity index (χ3v) is 6.76. The number of hydrogen-bond donors (Lipinski definition) is 1. The second-order valence-electron chi connectivity index (χ2n) is 10.1. The molecule has 180 valence electrons. The van der Waals surface area contributed by atoms with Crippen LogP contribution in [0.3, 0.4) is 0 Å². The molecule has 0 saturated heterocycles. The van der Waals surface area contributed by atoms with Crippen LogP contribution in [0.25, 0.3) is 11.4 Å². The van der Waals surface area contributed by atoms with Gasteiger partial charge >= 0.3 is 5.97 Å². The van der Waals surface area contributed by atoms with Crippen LogP contribution in [0.1, 0.15) is 61.7 Å². The van der Waals surface area contributed by atoms with Gasteiger partial charge in [-0.1, -0.05) is 45.0 Å². The fourth-order valence-electron chi connectivity index (χ4n) is 3.15. The Morgan fingerprint density at radius 1 is 1.00 bits per heavy atom. The van der Waals surface area contributed by atoms with Crippen LogP contribution < -0.4 is 5.32 Å². The summed E-state index contributed by atoms with van der Waals surface area (Å²) in [6.45, 7) is 11.7. The molecule has 0 bridgehead atoms. The van der Waals surface area contributed by atoms with E-state index >= 15 is 0 Å². The smallest absolute Gasteiger partial charge is 0.329 e. The molecule has 0 spiro atoms. The van der Waals surface area contributed by atoms with Crippen molar-refractivity contribution in [2.24, 2.45) is 0 Å². The number of nitrogens with zero attached hydrogens (tertiary/aromatic N) is 2. The van der Waals surface area contributed by atoms with Gasteiger partial charge in [0.1, 0.15) is 11.6 Å². The molecule has 0 fully saturated rings. The SMILES string of the molecule is CC(C)(C)OC(=O)C(Cc1ccc(-c2ncc(Br)cn2)cc1)NC(=O)c1ccc(C(C)(C)C)s1. The van der Waals surface area contributed by atoms with Crippen LogP contribution in [0, 0.1) is 0 Å². The maximum Gasteiger partial charge on any atom is 0.329 e. The Morgan fingerprint density at radius 2 is 1.62 bits per heavy atom. The number of nitrogens with one attached hydrogen (secondary N) is 1. The Bertz CT molecular complexity index is 1140. The molecule has 8 heteroatoms. The predicted octanol–water partition coefficient (Wildman–Crippen LogP) is 5.95. The molecule has 0 saturated carbocycles. The number of benzene rings is 1. The van der Waals surface area contributed by atoms with Crippen molar-refractivity contribution in [3.05, 3.63) is 68.6 Å². The van der Waals surface area contributed by atoms with Gasteiger partial charge in [0.15, 0.2) is 5.82 Å². The average molecular weight is 545 g/mol. The first kappa shape index (κ1) is 26.0. The summed E-state index contributed by atoms with van der Waals surface area (Å²) in [6, 6.07) is 10.6. The molecule has 1 unspecified atom stereocenters. The van der Waals surface area contributed by atoms with E-state index in [0.717, 1.165) is 20.5 Å². The number of thiophene rings is 1. The van der Waals surface area contributed by atoms with E-state index in [-0.39, 0.29) is 11.3 Å². The Balaban J connectivity index is 1.79. The minimum atomic E-state index is -0.818. The van der Waals surface area contributed by atoms with Crippen molar-refractivity contribution in [1.82, 2.24) is 15.3 Å². The van der Waals surface area contributed by atoms with Gasteiger partial charge in [-0.15, -0.1) is 11.3 Å². The summed E-state index contributed by atoms with van der Waals surface area (Å²) in [5.41, 5.74) is 1.04. The fraction of sp³-hybridized carbons (Fsp3) is 0.385. The molecule has 2 aromatic heterocycles. The van der Waals surface area contributed by atoms with Crippen LogP contribution in [0.5, 0.6) is 0 Å². The zero-order chi connectivity index (χ0) is 25.1. The highest BCUT2D eigenvalue weighted by molar-refractivity contribution is 9.10. The highest BCUT2D eigenvalue weighted by Crippen LogP contribution is 2.29. The summed E-state index contributed by atoms with van der Waals surface area (Å²) in [4.78, 5) is 36.3. The minimum Gasteiger partial charge on any atom is -0.458 e. The van der Waals surface area contributed by atoms with Crippen LogP contribution in [-0.4, -0.2) is 33.5 Å². The van der Waals surface area contributed by atoms with Gasteiger partial charge < -0.3 is 10.1 Å². The van der Waals surface area contributed by atoms with Gasteiger partial charge in [-0.3, -0.25) is 4.79 Å². The van der Waals surface area contributed by atoms with Gasteiger partial charge in [-0.25, -0.2) is 14.8 Å². The number of esters is 1. The Morgan fingerprint density at radius 3 is 2.15 bits per heavy atom. The highest BCUT2D eigenvalue weighted by atomic mass is 79.9. The molecule has 0 radical (unpaired) electrons. The topological polar surface area (TPSA) is 81.2 Å². The van der Waals surface area contributed by atoms with E-state index in [0.29, 0.717) is 17.1 Å². The van der Waals surface area contributed by atoms with Crippen molar-refractivity contribution in [2.75, 3.05) is 0 Å². The number of halogens is 1. The first-order chi connectivity index (χ1) is 15.8. The summed E-state index contributed by atoms with van der Waals surface area (Å²) >= 11 is 4.78. The van der Waals surface area contributed by atoms with E-state index in [4.69, 9.17) is 4.74 Å². The van der Waals surface area contributed by atoms with E-state index < -0.39 is 17.6 Å². The van der Waals surface area contributed by atoms with Gasteiger partial charge in [-0.2, -0.15) is 0 Å². The van der Waals surface area contributed by atoms with E-state index in [1.54, 1.807) is 18.5 Å². The standard InChI is InChI=1S/C26H30BrN3O3S/c1-25(2,3)21-12-11-20(34-21)23(31)30-19(24(32)33-26(4,5)6)13-16-7-9-17(10-8-16)22-28-14-18(27)15-29-22/h7-12,14-15,19H,13H2,1-6H3,(H,30,31). The number of hydrogen-bond acceptors (Lipinski definition) is 6. The lowest BCUT2D eigenvalue weighted by Crippen LogP contribution is -2.45. The first-order valence-corrected chi connectivity index (χ1v) is 12.6. The normalized spacial score (nSPS) is 12.8. The second-order valence-corrected chi connectivity index (χ2v) is 12.1. The summed E-state index contributed by atoms with van der Waals surface area (Å²) in [5.74, 6) is -0.135. The molecule has 0 aliphatic rings. The fourth-order valence-corrected chi connectivity index (χ4v) is 4.32. The predicted molar refractivity (Wildman–Crippen MR) is 139 cm³/mol. The van der Waals surface area contributed by atoms with E-state index in [2.05, 4.69) is 52.0 Å². The number of aromatic nitrogens is 2. The molecule has 3 rings (SSSR count). The Labute approximate surface area is 213 Å². The van der Waals surface area contributed by atoms with Crippen LogP contribution in [-0.2, 0) is 21.4 Å². The third-order valence-electron chi connectivity index (χ3n) is 4.84. The quantitative estimate of drug-likeness (QED) is 0.388. The minimum absolute atomic E-state index is 0.0476. The molecule has 0 aliphatic heterocycles. The molecule has 1 atom stereocenters. The van der Waals surface area contributed by atoms with Crippen molar-refractivity contribution in [3.8, 4) is 11.4 Å².